The summed E-state index contributed by atoms with van der Waals surface area (Å²) in [5.41, 5.74) is 0. The molecular formula is C10H18O6. The second-order valence-corrected chi connectivity index (χ2v) is 3.95. The number of hydrogen-bond acceptors (Lipinski definition) is 5. The average Bonchev–Trinajstić information content (AvgIpc) is 2.19. The highest BCUT2D eigenvalue weighted by Crippen LogP contribution is 2.21. The quantitative estimate of drug-likeness (QED) is 0.566. The van der Waals surface area contributed by atoms with E-state index >= 15 is 0 Å². The SMILES string of the molecule is CC1OC(OCCCC(=O)O)C(O)CC1O. The largest absolute Gasteiger partial charge is 0.481 e. The molecule has 1 saturated heterocycles. The van der Waals surface area contributed by atoms with Gasteiger partial charge in [0.25, 0.3) is 0 Å². The van der Waals surface area contributed by atoms with Crippen molar-refractivity contribution in [1.82, 2.24) is 0 Å². The molecule has 0 aliphatic carbocycles. The van der Waals surface area contributed by atoms with Crippen LogP contribution in [0.1, 0.15) is 26.2 Å². The van der Waals surface area contributed by atoms with E-state index in [9.17, 15) is 15.0 Å². The summed E-state index contributed by atoms with van der Waals surface area (Å²) in [6, 6.07) is 0. The van der Waals surface area contributed by atoms with E-state index < -0.39 is 24.5 Å². The molecule has 0 radical (unpaired) electrons. The van der Waals surface area contributed by atoms with Gasteiger partial charge < -0.3 is 24.8 Å². The van der Waals surface area contributed by atoms with Crippen LogP contribution in [-0.4, -0.2) is 52.5 Å². The van der Waals surface area contributed by atoms with Crippen LogP contribution in [0.4, 0.5) is 0 Å². The van der Waals surface area contributed by atoms with Crippen molar-refractivity contribution in [3.05, 3.63) is 0 Å². The van der Waals surface area contributed by atoms with Gasteiger partial charge in [0.05, 0.1) is 18.8 Å². The summed E-state index contributed by atoms with van der Waals surface area (Å²) in [6.07, 6.45) is -2.09. The Kier molecular flexibility index (Phi) is 5.14. The molecule has 0 saturated carbocycles. The van der Waals surface area contributed by atoms with Crippen LogP contribution in [-0.2, 0) is 14.3 Å². The molecule has 16 heavy (non-hydrogen) atoms. The summed E-state index contributed by atoms with van der Waals surface area (Å²) < 4.78 is 10.5. The Hall–Kier alpha value is -0.690. The Morgan fingerprint density at radius 3 is 2.75 bits per heavy atom. The molecule has 0 aromatic rings. The van der Waals surface area contributed by atoms with Crippen molar-refractivity contribution in [2.45, 2.75) is 50.8 Å². The lowest BCUT2D eigenvalue weighted by molar-refractivity contribution is -0.261. The van der Waals surface area contributed by atoms with Crippen LogP contribution >= 0.6 is 0 Å². The molecule has 94 valence electrons. The van der Waals surface area contributed by atoms with E-state index in [1.165, 1.54) is 0 Å². The van der Waals surface area contributed by atoms with E-state index in [2.05, 4.69) is 0 Å². The molecule has 1 heterocycles. The Balaban J connectivity index is 2.23. The lowest BCUT2D eigenvalue weighted by atomic mass is 10.0. The molecule has 0 aromatic heterocycles. The topological polar surface area (TPSA) is 96.2 Å². The molecule has 0 bridgehead atoms. The highest BCUT2D eigenvalue weighted by atomic mass is 16.7. The fourth-order valence-electron chi connectivity index (χ4n) is 1.52. The zero-order valence-corrected chi connectivity index (χ0v) is 9.20. The molecule has 1 fully saturated rings. The number of ether oxygens (including phenoxy) is 2. The van der Waals surface area contributed by atoms with Crippen molar-refractivity contribution in [2.24, 2.45) is 0 Å². The van der Waals surface area contributed by atoms with Crippen molar-refractivity contribution in [3.8, 4) is 0 Å². The minimum atomic E-state index is -0.877. The number of rotatable bonds is 5. The first kappa shape index (κ1) is 13.4. The van der Waals surface area contributed by atoms with E-state index in [1.807, 2.05) is 0 Å². The van der Waals surface area contributed by atoms with Crippen molar-refractivity contribution >= 4 is 5.97 Å². The third-order valence-corrected chi connectivity index (χ3v) is 2.50. The van der Waals surface area contributed by atoms with E-state index in [-0.39, 0.29) is 25.6 Å². The summed E-state index contributed by atoms with van der Waals surface area (Å²) in [5.74, 6) is -0.877. The summed E-state index contributed by atoms with van der Waals surface area (Å²) in [5, 5.41) is 27.3. The van der Waals surface area contributed by atoms with Crippen LogP contribution in [0, 0.1) is 0 Å². The number of aliphatic carboxylic acids is 1. The molecule has 0 amide bonds. The van der Waals surface area contributed by atoms with E-state index in [0.29, 0.717) is 6.42 Å². The molecule has 4 atom stereocenters. The highest BCUT2D eigenvalue weighted by molar-refractivity contribution is 5.66. The monoisotopic (exact) mass is 234 g/mol. The van der Waals surface area contributed by atoms with Crippen LogP contribution in [0.3, 0.4) is 0 Å². The smallest absolute Gasteiger partial charge is 0.303 e. The van der Waals surface area contributed by atoms with Gasteiger partial charge >= 0.3 is 5.97 Å². The molecule has 4 unspecified atom stereocenters. The minimum absolute atomic E-state index is 0.0288. The van der Waals surface area contributed by atoms with Gasteiger partial charge in [0.2, 0.25) is 0 Å². The van der Waals surface area contributed by atoms with Crippen LogP contribution in [0.25, 0.3) is 0 Å². The zero-order valence-electron chi connectivity index (χ0n) is 9.20. The Bertz CT molecular complexity index is 231. The van der Waals surface area contributed by atoms with Gasteiger partial charge in [-0.05, 0) is 13.3 Å². The molecule has 1 aliphatic rings. The molecule has 1 rings (SSSR count). The zero-order chi connectivity index (χ0) is 12.1. The van der Waals surface area contributed by atoms with Gasteiger partial charge in [-0.1, -0.05) is 0 Å². The molecule has 6 heteroatoms. The van der Waals surface area contributed by atoms with Crippen molar-refractivity contribution in [3.63, 3.8) is 0 Å². The van der Waals surface area contributed by atoms with E-state index in [0.717, 1.165) is 0 Å². The number of carbonyl (C=O) groups is 1. The normalized spacial score (nSPS) is 34.9. The van der Waals surface area contributed by atoms with Gasteiger partial charge in [-0.2, -0.15) is 0 Å². The van der Waals surface area contributed by atoms with Gasteiger partial charge in [-0.15, -0.1) is 0 Å². The number of aliphatic hydroxyl groups is 2. The summed E-state index contributed by atoms with van der Waals surface area (Å²) in [7, 11) is 0. The lowest BCUT2D eigenvalue weighted by Gasteiger charge is -2.35. The first-order valence-corrected chi connectivity index (χ1v) is 5.35. The van der Waals surface area contributed by atoms with Gasteiger partial charge in [-0.3, -0.25) is 4.79 Å². The van der Waals surface area contributed by atoms with Gasteiger partial charge in [0.15, 0.2) is 6.29 Å². The van der Waals surface area contributed by atoms with Crippen molar-refractivity contribution in [2.75, 3.05) is 6.61 Å². The molecule has 6 nitrogen and oxygen atoms in total. The molecule has 3 N–H and O–H groups in total. The fraction of sp³-hybridized carbons (Fsp3) is 0.900. The lowest BCUT2D eigenvalue weighted by Crippen LogP contribution is -2.47. The summed E-state index contributed by atoms with van der Waals surface area (Å²) in [4.78, 5) is 10.2. The number of aliphatic hydroxyl groups excluding tert-OH is 2. The maximum Gasteiger partial charge on any atom is 0.303 e. The summed E-state index contributed by atoms with van der Waals surface area (Å²) in [6.45, 7) is 1.92. The third-order valence-electron chi connectivity index (χ3n) is 2.50. The van der Waals surface area contributed by atoms with Gasteiger partial charge in [0.1, 0.15) is 6.10 Å². The standard InChI is InChI=1S/C10H18O6/c1-6-7(11)5-8(12)10(16-6)15-4-2-3-9(13)14/h6-8,10-12H,2-5H2,1H3,(H,13,14). The van der Waals surface area contributed by atoms with E-state index in [1.54, 1.807) is 6.92 Å². The number of carboxylic acids is 1. The Morgan fingerprint density at radius 2 is 2.12 bits per heavy atom. The van der Waals surface area contributed by atoms with Gasteiger partial charge in [-0.25, -0.2) is 0 Å². The molecular weight excluding hydrogens is 216 g/mol. The third kappa shape index (κ3) is 4.05. The second-order valence-electron chi connectivity index (χ2n) is 3.95. The minimum Gasteiger partial charge on any atom is -0.481 e. The first-order chi connectivity index (χ1) is 7.50. The first-order valence-electron chi connectivity index (χ1n) is 5.35. The van der Waals surface area contributed by atoms with E-state index in [4.69, 9.17) is 14.6 Å². The van der Waals surface area contributed by atoms with Crippen molar-refractivity contribution < 1.29 is 29.6 Å². The van der Waals surface area contributed by atoms with Crippen LogP contribution in [0.5, 0.6) is 0 Å². The maximum atomic E-state index is 10.2. The predicted octanol–water partition coefficient (Wildman–Crippen LogP) is -0.276. The molecule has 1 aliphatic heterocycles. The molecule has 0 spiro atoms. The average molecular weight is 234 g/mol. The number of hydrogen-bond donors (Lipinski definition) is 3. The van der Waals surface area contributed by atoms with Gasteiger partial charge in [0, 0.05) is 12.8 Å². The fourth-order valence-corrected chi connectivity index (χ4v) is 1.52. The van der Waals surface area contributed by atoms with Crippen LogP contribution in [0.2, 0.25) is 0 Å². The number of carboxylic acid groups (broad SMARTS) is 1. The van der Waals surface area contributed by atoms with Crippen LogP contribution < -0.4 is 0 Å². The Labute approximate surface area is 93.8 Å². The second kappa shape index (κ2) is 6.15. The maximum absolute atomic E-state index is 10.2. The highest BCUT2D eigenvalue weighted by Gasteiger charge is 2.34. The molecule has 0 aromatic carbocycles. The Morgan fingerprint density at radius 1 is 1.44 bits per heavy atom. The predicted molar refractivity (Wildman–Crippen MR) is 53.8 cm³/mol. The van der Waals surface area contributed by atoms with Crippen LogP contribution in [0.15, 0.2) is 0 Å². The van der Waals surface area contributed by atoms with Crippen molar-refractivity contribution in [1.29, 1.82) is 0 Å². The summed E-state index contributed by atoms with van der Waals surface area (Å²) >= 11 is 0.